The first-order valence-corrected chi connectivity index (χ1v) is 5.28. The van der Waals surface area contributed by atoms with Gasteiger partial charge in [-0.25, -0.2) is 0 Å². The zero-order valence-corrected chi connectivity index (χ0v) is 9.90. The number of hydrogen-bond donors (Lipinski definition) is 2. The first-order chi connectivity index (χ1) is 8.15. The van der Waals surface area contributed by atoms with Gasteiger partial charge in [-0.15, -0.1) is 0 Å². The average molecular weight is 229 g/mol. The molecule has 0 aliphatic carbocycles. The minimum atomic E-state index is -0.0142. The molecule has 0 saturated heterocycles. The van der Waals surface area contributed by atoms with Crippen molar-refractivity contribution in [2.75, 3.05) is 19.1 Å². The van der Waals surface area contributed by atoms with Crippen LogP contribution in [0.1, 0.15) is 0 Å². The highest BCUT2D eigenvalue weighted by Gasteiger charge is 2.13. The number of guanidine groups is 1. The van der Waals surface area contributed by atoms with E-state index in [-0.39, 0.29) is 5.96 Å². The Morgan fingerprint density at radius 1 is 1.24 bits per heavy atom. The number of hydrogen-bond acceptors (Lipinski definition) is 2. The van der Waals surface area contributed by atoms with Crippen LogP contribution in [0.15, 0.2) is 36.4 Å². The summed E-state index contributed by atoms with van der Waals surface area (Å²) in [5, 5.41) is 9.64. The number of benzene rings is 2. The molecule has 2 aromatic carbocycles. The molecule has 88 valence electrons. The molecule has 0 atom stereocenters. The van der Waals surface area contributed by atoms with Crippen molar-refractivity contribution in [1.82, 2.24) is 0 Å². The second kappa shape index (κ2) is 4.33. The lowest BCUT2D eigenvalue weighted by Crippen LogP contribution is -2.33. The molecule has 4 nitrogen and oxygen atoms in total. The van der Waals surface area contributed by atoms with Crippen molar-refractivity contribution in [2.45, 2.75) is 0 Å². The lowest BCUT2D eigenvalue weighted by atomic mass is 10.1. The standard InChI is InChI=1S/C13H15N3O/c1-16(13(14)15)12-10-6-4-3-5-9(10)7-8-11(12)17-2/h3-8H,1-2H3,(H3,14,15). The molecule has 0 heterocycles. The Labute approximate surface area is 100 Å². The maximum Gasteiger partial charge on any atom is 0.192 e. The van der Waals surface area contributed by atoms with Crippen LogP contribution in [-0.2, 0) is 0 Å². The van der Waals surface area contributed by atoms with E-state index in [1.165, 1.54) is 0 Å². The highest BCUT2D eigenvalue weighted by atomic mass is 16.5. The number of nitrogens with one attached hydrogen (secondary N) is 1. The summed E-state index contributed by atoms with van der Waals surface area (Å²) in [4.78, 5) is 1.61. The fraction of sp³-hybridized carbons (Fsp3) is 0.154. The van der Waals surface area contributed by atoms with Crippen LogP contribution in [-0.4, -0.2) is 20.1 Å². The van der Waals surface area contributed by atoms with Crippen LogP contribution in [0, 0.1) is 5.41 Å². The Bertz CT molecular complexity index is 566. The van der Waals surface area contributed by atoms with Gasteiger partial charge in [-0.2, -0.15) is 0 Å². The van der Waals surface area contributed by atoms with E-state index >= 15 is 0 Å². The first kappa shape index (κ1) is 11.3. The lowest BCUT2D eigenvalue weighted by molar-refractivity contribution is 0.416. The molecule has 2 rings (SSSR count). The molecule has 0 bridgehead atoms. The number of ether oxygens (including phenoxy) is 1. The van der Waals surface area contributed by atoms with Crippen molar-refractivity contribution in [3.8, 4) is 5.75 Å². The minimum Gasteiger partial charge on any atom is -0.495 e. The average Bonchev–Trinajstić information content (AvgIpc) is 2.36. The van der Waals surface area contributed by atoms with Crippen molar-refractivity contribution >= 4 is 22.4 Å². The van der Waals surface area contributed by atoms with E-state index in [2.05, 4.69) is 0 Å². The van der Waals surface area contributed by atoms with Crippen LogP contribution in [0.5, 0.6) is 5.75 Å². The fourth-order valence-corrected chi connectivity index (χ4v) is 1.87. The third kappa shape index (κ3) is 1.89. The highest BCUT2D eigenvalue weighted by molar-refractivity contribution is 6.05. The zero-order valence-electron chi connectivity index (χ0n) is 9.90. The van der Waals surface area contributed by atoms with Gasteiger partial charge < -0.3 is 15.4 Å². The number of nitrogens with two attached hydrogens (primary N) is 1. The summed E-state index contributed by atoms with van der Waals surface area (Å²) in [6, 6.07) is 11.8. The van der Waals surface area contributed by atoms with Gasteiger partial charge in [0.15, 0.2) is 5.96 Å². The predicted octanol–water partition coefficient (Wildman–Crippen LogP) is 2.18. The smallest absolute Gasteiger partial charge is 0.192 e. The van der Waals surface area contributed by atoms with Gasteiger partial charge in [0, 0.05) is 12.4 Å². The van der Waals surface area contributed by atoms with Crippen molar-refractivity contribution < 1.29 is 4.74 Å². The van der Waals surface area contributed by atoms with Crippen LogP contribution >= 0.6 is 0 Å². The summed E-state index contributed by atoms with van der Waals surface area (Å²) >= 11 is 0. The van der Waals surface area contributed by atoms with E-state index < -0.39 is 0 Å². The van der Waals surface area contributed by atoms with E-state index in [4.69, 9.17) is 15.9 Å². The Balaban J connectivity index is 2.75. The minimum absolute atomic E-state index is 0.0142. The zero-order chi connectivity index (χ0) is 12.4. The molecule has 0 fully saturated rings. The monoisotopic (exact) mass is 229 g/mol. The second-order valence-corrected chi connectivity index (χ2v) is 3.78. The second-order valence-electron chi connectivity index (χ2n) is 3.78. The topological polar surface area (TPSA) is 62.3 Å². The maximum atomic E-state index is 7.53. The van der Waals surface area contributed by atoms with Gasteiger partial charge in [0.2, 0.25) is 0 Å². The van der Waals surface area contributed by atoms with E-state index in [9.17, 15) is 0 Å². The number of rotatable bonds is 2. The van der Waals surface area contributed by atoms with Crippen molar-refractivity contribution in [3.63, 3.8) is 0 Å². The molecule has 0 radical (unpaired) electrons. The maximum absolute atomic E-state index is 7.53. The molecule has 0 unspecified atom stereocenters. The third-order valence-electron chi connectivity index (χ3n) is 2.78. The Morgan fingerprint density at radius 3 is 2.59 bits per heavy atom. The van der Waals surface area contributed by atoms with Crippen LogP contribution in [0.2, 0.25) is 0 Å². The van der Waals surface area contributed by atoms with Gasteiger partial charge in [0.05, 0.1) is 12.8 Å². The first-order valence-electron chi connectivity index (χ1n) is 5.28. The summed E-state index contributed by atoms with van der Waals surface area (Å²) in [6.07, 6.45) is 0. The van der Waals surface area contributed by atoms with Gasteiger partial charge >= 0.3 is 0 Å². The van der Waals surface area contributed by atoms with E-state index in [0.29, 0.717) is 5.75 Å². The number of methoxy groups -OCH3 is 1. The Hall–Kier alpha value is -2.23. The predicted molar refractivity (Wildman–Crippen MR) is 70.8 cm³/mol. The van der Waals surface area contributed by atoms with Crippen molar-refractivity contribution in [2.24, 2.45) is 5.73 Å². The van der Waals surface area contributed by atoms with Gasteiger partial charge in [-0.05, 0) is 11.5 Å². The van der Waals surface area contributed by atoms with E-state index in [1.54, 1.807) is 19.1 Å². The molecule has 0 spiro atoms. The molecule has 3 N–H and O–H groups in total. The number of nitrogens with zero attached hydrogens (tertiary/aromatic N) is 1. The SMILES string of the molecule is COc1ccc2ccccc2c1N(C)C(=N)N. The van der Waals surface area contributed by atoms with Gasteiger partial charge in [-0.3, -0.25) is 5.41 Å². The molecule has 2 aromatic rings. The largest absolute Gasteiger partial charge is 0.495 e. The molecule has 17 heavy (non-hydrogen) atoms. The normalized spacial score (nSPS) is 10.2. The molecular weight excluding hydrogens is 214 g/mol. The lowest BCUT2D eigenvalue weighted by Gasteiger charge is -2.21. The third-order valence-corrected chi connectivity index (χ3v) is 2.78. The molecule has 0 amide bonds. The van der Waals surface area contributed by atoms with E-state index in [0.717, 1.165) is 16.5 Å². The Kier molecular flexibility index (Phi) is 2.87. The van der Waals surface area contributed by atoms with Crippen LogP contribution in [0.25, 0.3) is 10.8 Å². The van der Waals surface area contributed by atoms with Crippen molar-refractivity contribution in [3.05, 3.63) is 36.4 Å². The quantitative estimate of drug-likeness (QED) is 0.613. The summed E-state index contributed by atoms with van der Waals surface area (Å²) in [7, 11) is 3.37. The molecular formula is C13H15N3O. The molecule has 0 saturated carbocycles. The van der Waals surface area contributed by atoms with Gasteiger partial charge in [0.1, 0.15) is 5.75 Å². The van der Waals surface area contributed by atoms with Crippen LogP contribution in [0.3, 0.4) is 0 Å². The summed E-state index contributed by atoms with van der Waals surface area (Å²) in [6.45, 7) is 0. The highest BCUT2D eigenvalue weighted by Crippen LogP contribution is 2.35. The molecule has 0 aliphatic rings. The summed E-state index contributed by atoms with van der Waals surface area (Å²) < 4.78 is 5.33. The molecule has 0 aromatic heterocycles. The molecule has 0 aliphatic heterocycles. The summed E-state index contributed by atoms with van der Waals surface area (Å²) in [5.74, 6) is 0.695. The van der Waals surface area contributed by atoms with Crippen LogP contribution in [0.4, 0.5) is 5.69 Å². The number of anilines is 1. The molecule has 4 heteroatoms. The number of fused-ring (bicyclic) bond motifs is 1. The summed E-state index contributed by atoms with van der Waals surface area (Å²) in [5.41, 5.74) is 6.35. The Morgan fingerprint density at radius 2 is 1.94 bits per heavy atom. The van der Waals surface area contributed by atoms with Crippen LogP contribution < -0.4 is 15.4 Å². The van der Waals surface area contributed by atoms with E-state index in [1.807, 2.05) is 36.4 Å². The fourth-order valence-electron chi connectivity index (χ4n) is 1.87. The van der Waals surface area contributed by atoms with Gasteiger partial charge in [0.25, 0.3) is 0 Å². The van der Waals surface area contributed by atoms with Crippen molar-refractivity contribution in [1.29, 1.82) is 5.41 Å². The van der Waals surface area contributed by atoms with Gasteiger partial charge in [-0.1, -0.05) is 30.3 Å².